The van der Waals surface area contributed by atoms with E-state index in [1.807, 2.05) is 31.2 Å². The van der Waals surface area contributed by atoms with Crippen LogP contribution in [0.1, 0.15) is 24.5 Å². The van der Waals surface area contributed by atoms with Gasteiger partial charge in [-0.25, -0.2) is 0 Å². The molecule has 0 unspecified atom stereocenters. The third-order valence-corrected chi connectivity index (χ3v) is 2.86. The molecule has 1 aromatic carbocycles. The summed E-state index contributed by atoms with van der Waals surface area (Å²) in [6.07, 6.45) is 1.76. The molecule has 0 aromatic heterocycles. The molecule has 1 rings (SSSR count). The van der Waals surface area contributed by atoms with Gasteiger partial charge >= 0.3 is 0 Å². The Morgan fingerprint density at radius 1 is 1.29 bits per heavy atom. The number of nitrogens with one attached hydrogen (secondary N) is 1. The number of rotatable bonds is 9. The van der Waals surface area contributed by atoms with Crippen molar-refractivity contribution in [1.29, 1.82) is 0 Å². The predicted octanol–water partition coefficient (Wildman–Crippen LogP) is 1.67. The lowest BCUT2D eigenvalue weighted by Gasteiger charge is -2.06. The zero-order valence-corrected chi connectivity index (χ0v) is 14.9. The van der Waals surface area contributed by atoms with Crippen LogP contribution in [0.5, 0.6) is 0 Å². The summed E-state index contributed by atoms with van der Waals surface area (Å²) in [6, 6.07) is 7.90. The summed E-state index contributed by atoms with van der Waals surface area (Å²) in [5.41, 5.74) is 7.90. The fourth-order valence-corrected chi connectivity index (χ4v) is 1.71. The van der Waals surface area contributed by atoms with Crippen LogP contribution >= 0.6 is 24.0 Å². The molecule has 0 radical (unpaired) electrons. The van der Waals surface area contributed by atoms with Crippen LogP contribution in [-0.4, -0.2) is 37.4 Å². The number of aliphatic hydroxyl groups is 1. The number of guanidine groups is 1. The maximum absolute atomic E-state index is 8.96. The Kier molecular flexibility index (Phi) is 12.3. The Morgan fingerprint density at radius 3 is 2.57 bits per heavy atom. The second-order valence-electron chi connectivity index (χ2n) is 4.47. The van der Waals surface area contributed by atoms with Crippen LogP contribution in [0.2, 0.25) is 0 Å². The molecule has 0 fully saturated rings. The quantitative estimate of drug-likeness (QED) is 0.252. The van der Waals surface area contributed by atoms with Gasteiger partial charge in [0.2, 0.25) is 0 Å². The Labute approximate surface area is 144 Å². The number of nitrogens with zero attached hydrogens (tertiary/aromatic N) is 1. The highest BCUT2D eigenvalue weighted by molar-refractivity contribution is 14.0. The highest BCUT2D eigenvalue weighted by atomic mass is 127. The number of hydrogen-bond donors (Lipinski definition) is 3. The molecule has 0 saturated carbocycles. The maximum Gasteiger partial charge on any atom is 0.188 e. The molecule has 0 bridgehead atoms. The first kappa shape index (κ1) is 20.1. The molecule has 0 atom stereocenters. The molecule has 120 valence electrons. The monoisotopic (exact) mass is 407 g/mol. The number of halogens is 1. The van der Waals surface area contributed by atoms with E-state index in [0.717, 1.165) is 38.2 Å². The molecule has 0 aliphatic rings. The van der Waals surface area contributed by atoms with Gasteiger partial charge in [0.25, 0.3) is 0 Å². The molecule has 0 aliphatic carbocycles. The van der Waals surface area contributed by atoms with E-state index in [0.29, 0.717) is 12.5 Å². The highest BCUT2D eigenvalue weighted by Gasteiger charge is 1.96. The van der Waals surface area contributed by atoms with Gasteiger partial charge in [-0.15, -0.1) is 24.0 Å². The van der Waals surface area contributed by atoms with Crippen molar-refractivity contribution in [2.24, 2.45) is 10.7 Å². The van der Waals surface area contributed by atoms with Crippen LogP contribution in [0.15, 0.2) is 29.3 Å². The summed E-state index contributed by atoms with van der Waals surface area (Å²) in [5, 5.41) is 12.0. The van der Waals surface area contributed by atoms with Crippen LogP contribution < -0.4 is 11.1 Å². The van der Waals surface area contributed by atoms with Crippen molar-refractivity contribution in [3.63, 3.8) is 0 Å². The number of ether oxygens (including phenoxy) is 1. The van der Waals surface area contributed by atoms with E-state index in [1.165, 1.54) is 5.56 Å². The van der Waals surface area contributed by atoms with Crippen molar-refractivity contribution in [2.45, 2.75) is 26.4 Å². The number of aliphatic imine (C=N–C) groups is 1. The van der Waals surface area contributed by atoms with Gasteiger partial charge in [0, 0.05) is 26.3 Å². The molecule has 5 nitrogen and oxygen atoms in total. The van der Waals surface area contributed by atoms with E-state index in [2.05, 4.69) is 10.3 Å². The maximum atomic E-state index is 8.96. The highest BCUT2D eigenvalue weighted by Crippen LogP contribution is 2.04. The topological polar surface area (TPSA) is 79.9 Å². The fraction of sp³-hybridized carbons (Fsp3) is 0.533. The lowest BCUT2D eigenvalue weighted by Crippen LogP contribution is -2.33. The fourth-order valence-electron chi connectivity index (χ4n) is 1.71. The van der Waals surface area contributed by atoms with Crippen molar-refractivity contribution < 1.29 is 9.84 Å². The van der Waals surface area contributed by atoms with E-state index in [9.17, 15) is 0 Å². The first-order chi connectivity index (χ1) is 9.76. The van der Waals surface area contributed by atoms with E-state index < -0.39 is 0 Å². The molecular formula is C15H26IN3O2. The third-order valence-electron chi connectivity index (χ3n) is 2.86. The van der Waals surface area contributed by atoms with Gasteiger partial charge in [0.1, 0.15) is 0 Å². The normalized spacial score (nSPS) is 11.0. The van der Waals surface area contributed by atoms with Gasteiger partial charge in [0.05, 0.1) is 6.61 Å². The largest absolute Gasteiger partial charge is 0.392 e. The van der Waals surface area contributed by atoms with Crippen LogP contribution in [-0.2, 0) is 17.8 Å². The van der Waals surface area contributed by atoms with E-state index in [-0.39, 0.29) is 30.6 Å². The molecule has 0 saturated heterocycles. The van der Waals surface area contributed by atoms with Crippen LogP contribution in [0, 0.1) is 0 Å². The first-order valence-corrected chi connectivity index (χ1v) is 7.06. The van der Waals surface area contributed by atoms with E-state index in [1.54, 1.807) is 0 Å². The van der Waals surface area contributed by atoms with Crippen molar-refractivity contribution in [3.8, 4) is 0 Å². The molecular weight excluding hydrogens is 381 g/mol. The smallest absolute Gasteiger partial charge is 0.188 e. The molecule has 6 heteroatoms. The number of aliphatic hydroxyl groups excluding tert-OH is 1. The van der Waals surface area contributed by atoms with E-state index in [4.69, 9.17) is 15.6 Å². The number of benzene rings is 1. The summed E-state index contributed by atoms with van der Waals surface area (Å²) in [5.74, 6) is 0.480. The van der Waals surface area contributed by atoms with Crippen molar-refractivity contribution in [1.82, 2.24) is 5.32 Å². The minimum absolute atomic E-state index is 0. The number of nitrogens with two attached hydrogens (primary N) is 1. The molecule has 0 amide bonds. The Bertz CT molecular complexity index is 396. The Balaban J connectivity index is 0.00000400. The van der Waals surface area contributed by atoms with Gasteiger partial charge in [0.15, 0.2) is 5.96 Å². The van der Waals surface area contributed by atoms with Crippen molar-refractivity contribution in [2.75, 3.05) is 26.3 Å². The Morgan fingerprint density at radius 2 is 1.95 bits per heavy atom. The molecule has 21 heavy (non-hydrogen) atoms. The molecule has 0 spiro atoms. The van der Waals surface area contributed by atoms with Crippen LogP contribution in [0.4, 0.5) is 0 Å². The summed E-state index contributed by atoms with van der Waals surface area (Å²) >= 11 is 0. The van der Waals surface area contributed by atoms with Crippen LogP contribution in [0.25, 0.3) is 0 Å². The average Bonchev–Trinajstić information content (AvgIpc) is 2.48. The minimum Gasteiger partial charge on any atom is -0.392 e. The Hall–Kier alpha value is -0.860. The summed E-state index contributed by atoms with van der Waals surface area (Å²) < 4.78 is 5.22. The molecule has 4 N–H and O–H groups in total. The minimum atomic E-state index is 0. The van der Waals surface area contributed by atoms with Gasteiger partial charge in [-0.1, -0.05) is 24.3 Å². The average molecular weight is 407 g/mol. The molecule has 1 aromatic rings. The standard InChI is InChI=1S/C15H25N3O2.HI/c1-2-20-11-3-9-17-15(16)18-10-8-13-4-6-14(12-19)7-5-13;/h4-7,19H,2-3,8-12H2,1H3,(H3,16,17,18);1H. The molecule has 0 aliphatic heterocycles. The predicted molar refractivity (Wildman–Crippen MR) is 97.1 cm³/mol. The SMILES string of the molecule is CCOCCCN=C(N)NCCc1ccc(CO)cc1.I. The van der Waals surface area contributed by atoms with Gasteiger partial charge in [-0.3, -0.25) is 4.99 Å². The second kappa shape index (κ2) is 12.8. The van der Waals surface area contributed by atoms with E-state index >= 15 is 0 Å². The second-order valence-corrected chi connectivity index (χ2v) is 4.47. The summed E-state index contributed by atoms with van der Waals surface area (Å²) in [7, 11) is 0. The summed E-state index contributed by atoms with van der Waals surface area (Å²) in [4.78, 5) is 4.22. The van der Waals surface area contributed by atoms with Gasteiger partial charge in [-0.2, -0.15) is 0 Å². The number of hydrogen-bond acceptors (Lipinski definition) is 3. The lowest BCUT2D eigenvalue weighted by molar-refractivity contribution is 0.146. The van der Waals surface area contributed by atoms with Crippen molar-refractivity contribution in [3.05, 3.63) is 35.4 Å². The first-order valence-electron chi connectivity index (χ1n) is 7.06. The van der Waals surface area contributed by atoms with Crippen molar-refractivity contribution >= 4 is 29.9 Å². The lowest BCUT2D eigenvalue weighted by atomic mass is 10.1. The van der Waals surface area contributed by atoms with Gasteiger partial charge in [-0.05, 0) is 30.9 Å². The summed E-state index contributed by atoms with van der Waals surface area (Å²) in [6.45, 7) is 4.96. The van der Waals surface area contributed by atoms with Crippen LogP contribution in [0.3, 0.4) is 0 Å². The third kappa shape index (κ3) is 9.65. The zero-order valence-electron chi connectivity index (χ0n) is 12.5. The van der Waals surface area contributed by atoms with Gasteiger partial charge < -0.3 is 20.9 Å². The zero-order chi connectivity index (χ0) is 14.6. The molecule has 0 heterocycles.